The normalized spacial score (nSPS) is 17.2. The third-order valence-corrected chi connectivity index (χ3v) is 2.68. The average Bonchev–Trinajstić information content (AvgIpc) is 2.02. The summed E-state index contributed by atoms with van der Waals surface area (Å²) < 4.78 is 13.6. The maximum absolute atomic E-state index is 10.9. The van der Waals surface area contributed by atoms with Gasteiger partial charge in [0.1, 0.15) is 12.8 Å². The van der Waals surface area contributed by atoms with Crippen molar-refractivity contribution >= 4 is 18.5 Å². The Labute approximate surface area is 83.9 Å². The van der Waals surface area contributed by atoms with Crippen molar-refractivity contribution in [1.82, 2.24) is 0 Å². The fraction of sp³-hybridized carbons (Fsp3) is 1.00. The zero-order chi connectivity index (χ0) is 9.61. The van der Waals surface area contributed by atoms with Crippen LogP contribution in [0.5, 0.6) is 0 Å². The van der Waals surface area contributed by atoms with Crippen molar-refractivity contribution in [1.29, 1.82) is 0 Å². The van der Waals surface area contributed by atoms with Gasteiger partial charge in [-0.2, -0.15) is 0 Å². The van der Waals surface area contributed by atoms with E-state index in [1.165, 1.54) is 14.2 Å². The molecular weight excluding hydrogens is 215 g/mol. The van der Waals surface area contributed by atoms with Crippen molar-refractivity contribution in [2.45, 2.75) is 13.5 Å². The quantitative estimate of drug-likeness (QED) is 0.642. The summed E-state index contributed by atoms with van der Waals surface area (Å²) in [5.74, 6) is 0. The zero-order valence-corrected chi connectivity index (χ0v) is 8.64. The maximum atomic E-state index is 10.9. The summed E-state index contributed by atoms with van der Waals surface area (Å²) in [5.41, 5.74) is 0. The van der Waals surface area contributed by atoms with Gasteiger partial charge in [0.15, 0.2) is 0 Å². The highest BCUT2D eigenvalue weighted by molar-refractivity contribution is 8.06. The Morgan fingerprint density at radius 1 is 1.46 bits per heavy atom. The minimum atomic E-state index is -3.38. The van der Waals surface area contributed by atoms with E-state index in [4.69, 9.17) is 5.11 Å². The van der Waals surface area contributed by atoms with Gasteiger partial charge in [0.05, 0.1) is 13.2 Å². The largest absolute Gasteiger partial charge is 0.780 e. The molecule has 0 aromatic heterocycles. The summed E-state index contributed by atoms with van der Waals surface area (Å²) in [7, 11) is 2.63. The van der Waals surface area contributed by atoms with Crippen LogP contribution in [0.4, 0.5) is 0 Å². The van der Waals surface area contributed by atoms with Gasteiger partial charge in [-0.15, -0.1) is 0 Å². The molecule has 0 aliphatic heterocycles. The molecule has 0 bridgehead atoms. The number of hydrogen-bond acceptors (Lipinski definition) is 6. The van der Waals surface area contributed by atoms with Gasteiger partial charge in [0, 0.05) is 14.2 Å². The Balaban J connectivity index is 0. The van der Waals surface area contributed by atoms with Crippen molar-refractivity contribution in [3.05, 3.63) is 0 Å². The molecular formula is C6H16O5PS-. The Bertz CT molecular complexity index is 165. The number of hydrogen-bond donors (Lipinski definition) is 1. The van der Waals surface area contributed by atoms with Crippen molar-refractivity contribution in [3.8, 4) is 0 Å². The lowest BCUT2D eigenvalue weighted by atomic mass is 10.4. The molecule has 0 aromatic rings. The molecule has 1 N–H and O–H groups in total. The van der Waals surface area contributed by atoms with E-state index >= 15 is 0 Å². The summed E-state index contributed by atoms with van der Waals surface area (Å²) >= 11 is 4.41. The van der Waals surface area contributed by atoms with Crippen LogP contribution in [-0.4, -0.2) is 38.6 Å². The van der Waals surface area contributed by atoms with Gasteiger partial charge in [0.2, 0.25) is 0 Å². The summed E-state index contributed by atoms with van der Waals surface area (Å²) in [6.45, 7) is -3.42. The lowest BCUT2D eigenvalue weighted by Crippen LogP contribution is -2.22. The SMILES string of the molecule is C.COCC(O)COP([O-])(=S)OC. The van der Waals surface area contributed by atoms with Crippen LogP contribution in [0.3, 0.4) is 0 Å². The Kier molecular flexibility index (Phi) is 9.56. The second kappa shape index (κ2) is 7.82. The lowest BCUT2D eigenvalue weighted by molar-refractivity contribution is -0.206. The fourth-order valence-corrected chi connectivity index (χ4v) is 1.11. The monoisotopic (exact) mass is 231 g/mol. The zero-order valence-electron chi connectivity index (χ0n) is 6.93. The highest BCUT2D eigenvalue weighted by atomic mass is 32.5. The Morgan fingerprint density at radius 3 is 2.38 bits per heavy atom. The summed E-state index contributed by atoms with van der Waals surface area (Å²) in [5, 5.41) is 9.04. The van der Waals surface area contributed by atoms with Crippen LogP contribution in [-0.2, 0) is 25.6 Å². The van der Waals surface area contributed by atoms with E-state index in [0.29, 0.717) is 0 Å². The predicted octanol–water partition coefficient (Wildman–Crippen LogP) is -0.122. The molecule has 13 heavy (non-hydrogen) atoms. The molecule has 0 spiro atoms. The van der Waals surface area contributed by atoms with E-state index in [2.05, 4.69) is 25.6 Å². The minimum Gasteiger partial charge on any atom is -0.780 e. The molecule has 2 atom stereocenters. The van der Waals surface area contributed by atoms with E-state index in [0.717, 1.165) is 0 Å². The van der Waals surface area contributed by atoms with Crippen LogP contribution < -0.4 is 4.89 Å². The van der Waals surface area contributed by atoms with Crippen molar-refractivity contribution in [3.63, 3.8) is 0 Å². The van der Waals surface area contributed by atoms with Crippen LogP contribution in [0.25, 0.3) is 0 Å². The fourth-order valence-electron chi connectivity index (χ4n) is 0.471. The van der Waals surface area contributed by atoms with Crippen molar-refractivity contribution < 1.29 is 23.8 Å². The molecule has 7 heteroatoms. The smallest absolute Gasteiger partial charge is 0.115 e. The van der Waals surface area contributed by atoms with Crippen molar-refractivity contribution in [2.75, 3.05) is 27.4 Å². The van der Waals surface area contributed by atoms with Crippen LogP contribution in [0.15, 0.2) is 0 Å². The minimum absolute atomic E-state index is 0. The van der Waals surface area contributed by atoms with Gasteiger partial charge >= 0.3 is 0 Å². The molecule has 0 saturated carbocycles. The molecule has 0 aliphatic rings. The third-order valence-electron chi connectivity index (χ3n) is 1.01. The highest BCUT2D eigenvalue weighted by Crippen LogP contribution is 2.37. The van der Waals surface area contributed by atoms with Gasteiger partial charge in [-0.25, -0.2) is 0 Å². The van der Waals surface area contributed by atoms with Crippen LogP contribution in [0.1, 0.15) is 7.43 Å². The molecule has 0 saturated heterocycles. The number of rotatable bonds is 6. The van der Waals surface area contributed by atoms with Crippen LogP contribution in [0, 0.1) is 0 Å². The first kappa shape index (κ1) is 15.9. The molecule has 82 valence electrons. The third kappa shape index (κ3) is 8.77. The maximum Gasteiger partial charge on any atom is 0.115 e. The van der Waals surface area contributed by atoms with Gasteiger partial charge < -0.3 is 23.8 Å². The first-order chi connectivity index (χ1) is 5.52. The number of ether oxygens (including phenoxy) is 1. The summed E-state index contributed by atoms with van der Waals surface area (Å²) in [6, 6.07) is 0. The van der Waals surface area contributed by atoms with Crippen LogP contribution >= 0.6 is 6.72 Å². The highest BCUT2D eigenvalue weighted by Gasteiger charge is 2.07. The summed E-state index contributed by atoms with van der Waals surface area (Å²) in [4.78, 5) is 10.9. The van der Waals surface area contributed by atoms with E-state index in [1.54, 1.807) is 0 Å². The standard InChI is InChI=1S/C5H13O5PS.CH4/c1-8-3-5(6)4-10-11(7,12)9-2;/h5-6H,3-4H2,1-2H3,(H,7,12);1H4/p-1. The van der Waals surface area contributed by atoms with Crippen molar-refractivity contribution in [2.24, 2.45) is 0 Å². The van der Waals surface area contributed by atoms with Crippen LogP contribution in [0.2, 0.25) is 0 Å². The Hall–Kier alpha value is 0.450. The molecule has 0 heterocycles. The van der Waals surface area contributed by atoms with E-state index in [9.17, 15) is 4.89 Å². The molecule has 2 unspecified atom stereocenters. The lowest BCUT2D eigenvalue weighted by Gasteiger charge is -2.26. The van der Waals surface area contributed by atoms with E-state index in [1.807, 2.05) is 0 Å². The van der Waals surface area contributed by atoms with Gasteiger partial charge in [-0.3, -0.25) is 0 Å². The summed E-state index contributed by atoms with van der Waals surface area (Å²) in [6.07, 6.45) is -0.832. The average molecular weight is 231 g/mol. The van der Waals surface area contributed by atoms with Gasteiger partial charge in [-0.05, 0) is 0 Å². The number of aliphatic hydroxyl groups is 1. The topological polar surface area (TPSA) is 71.0 Å². The first-order valence-corrected chi connectivity index (χ1v) is 5.75. The second-order valence-electron chi connectivity index (χ2n) is 2.03. The first-order valence-electron chi connectivity index (χ1n) is 3.20. The number of aliphatic hydroxyl groups excluding tert-OH is 1. The molecule has 0 fully saturated rings. The van der Waals surface area contributed by atoms with Gasteiger partial charge in [0.25, 0.3) is 0 Å². The molecule has 5 nitrogen and oxygen atoms in total. The molecule has 0 amide bonds. The molecule has 0 aromatic carbocycles. The molecule has 0 radical (unpaired) electrons. The van der Waals surface area contributed by atoms with Gasteiger partial charge in [-0.1, -0.05) is 19.2 Å². The second-order valence-corrected chi connectivity index (χ2v) is 4.89. The number of methoxy groups -OCH3 is 1. The molecule has 0 rings (SSSR count). The predicted molar refractivity (Wildman–Crippen MR) is 51.9 cm³/mol. The molecule has 0 aliphatic carbocycles. The van der Waals surface area contributed by atoms with E-state index in [-0.39, 0.29) is 20.6 Å². The Morgan fingerprint density at radius 2 is 2.00 bits per heavy atom. The van der Waals surface area contributed by atoms with E-state index < -0.39 is 12.8 Å².